The Hall–Kier alpha value is -0.900. The number of nitrogens with one attached hydrogen (secondary N) is 1. The van der Waals surface area contributed by atoms with Crippen molar-refractivity contribution < 1.29 is 4.42 Å². The summed E-state index contributed by atoms with van der Waals surface area (Å²) in [7, 11) is 0. The lowest BCUT2D eigenvalue weighted by Crippen LogP contribution is -2.17. The van der Waals surface area contributed by atoms with E-state index in [1.54, 1.807) is 0 Å². The van der Waals surface area contributed by atoms with Crippen LogP contribution in [0.5, 0.6) is 0 Å². The van der Waals surface area contributed by atoms with E-state index in [0.29, 0.717) is 5.92 Å². The van der Waals surface area contributed by atoms with Crippen LogP contribution in [0.4, 0.5) is 0 Å². The first-order valence-corrected chi connectivity index (χ1v) is 7.39. The van der Waals surface area contributed by atoms with Crippen LogP contribution in [0.15, 0.2) is 4.42 Å². The van der Waals surface area contributed by atoms with Gasteiger partial charge < -0.3 is 9.73 Å². The highest BCUT2D eigenvalue weighted by Crippen LogP contribution is 2.52. The van der Waals surface area contributed by atoms with Crippen LogP contribution in [-0.2, 0) is 6.42 Å². The SMILES string of the molecule is CCCNCCc1nnc(C2CC3CCC2C3)o1. The van der Waals surface area contributed by atoms with Gasteiger partial charge in [-0.05, 0) is 44.1 Å². The summed E-state index contributed by atoms with van der Waals surface area (Å²) in [5, 5.41) is 11.8. The van der Waals surface area contributed by atoms with Gasteiger partial charge in [0.2, 0.25) is 11.8 Å². The first-order valence-electron chi connectivity index (χ1n) is 7.39. The molecular formula is C14H23N3O. The molecule has 3 unspecified atom stereocenters. The molecule has 1 aromatic rings. The normalized spacial score (nSPS) is 30.2. The van der Waals surface area contributed by atoms with E-state index < -0.39 is 0 Å². The van der Waals surface area contributed by atoms with Crippen LogP contribution in [0, 0.1) is 11.8 Å². The zero-order chi connectivity index (χ0) is 12.4. The van der Waals surface area contributed by atoms with Gasteiger partial charge in [-0.2, -0.15) is 0 Å². The zero-order valence-electron chi connectivity index (χ0n) is 11.2. The smallest absolute Gasteiger partial charge is 0.219 e. The van der Waals surface area contributed by atoms with Gasteiger partial charge in [-0.1, -0.05) is 13.3 Å². The Morgan fingerprint density at radius 2 is 2.17 bits per heavy atom. The fourth-order valence-electron chi connectivity index (χ4n) is 3.56. The van der Waals surface area contributed by atoms with E-state index in [0.717, 1.165) is 43.1 Å². The molecule has 1 N–H and O–H groups in total. The van der Waals surface area contributed by atoms with Gasteiger partial charge in [-0.25, -0.2) is 0 Å². The summed E-state index contributed by atoms with van der Waals surface area (Å²) in [5.74, 6) is 4.03. The molecule has 0 spiro atoms. The Kier molecular flexibility index (Phi) is 3.64. The van der Waals surface area contributed by atoms with Gasteiger partial charge in [-0.3, -0.25) is 0 Å². The van der Waals surface area contributed by atoms with Gasteiger partial charge in [0.1, 0.15) is 0 Å². The molecule has 0 radical (unpaired) electrons. The van der Waals surface area contributed by atoms with Crippen LogP contribution >= 0.6 is 0 Å². The third kappa shape index (κ3) is 2.44. The van der Waals surface area contributed by atoms with Crippen molar-refractivity contribution in [2.45, 2.75) is 51.4 Å². The van der Waals surface area contributed by atoms with Crippen molar-refractivity contribution in [1.29, 1.82) is 0 Å². The maximum atomic E-state index is 5.84. The van der Waals surface area contributed by atoms with Crippen molar-refractivity contribution in [1.82, 2.24) is 15.5 Å². The van der Waals surface area contributed by atoms with E-state index in [-0.39, 0.29) is 0 Å². The number of nitrogens with zero attached hydrogens (tertiary/aromatic N) is 2. The van der Waals surface area contributed by atoms with E-state index >= 15 is 0 Å². The predicted molar refractivity (Wildman–Crippen MR) is 69.4 cm³/mol. The van der Waals surface area contributed by atoms with Crippen LogP contribution in [0.1, 0.15) is 56.7 Å². The Bertz CT molecular complexity index is 390. The third-order valence-corrected chi connectivity index (χ3v) is 4.48. The Morgan fingerprint density at radius 3 is 2.89 bits per heavy atom. The van der Waals surface area contributed by atoms with Gasteiger partial charge in [0, 0.05) is 18.9 Å². The van der Waals surface area contributed by atoms with Crippen molar-refractivity contribution in [3.8, 4) is 0 Å². The van der Waals surface area contributed by atoms with Crippen LogP contribution in [0.2, 0.25) is 0 Å². The molecule has 2 bridgehead atoms. The number of fused-ring (bicyclic) bond motifs is 2. The van der Waals surface area contributed by atoms with E-state index in [9.17, 15) is 0 Å². The molecule has 18 heavy (non-hydrogen) atoms. The minimum Gasteiger partial charge on any atom is -0.425 e. The van der Waals surface area contributed by atoms with Gasteiger partial charge in [0.05, 0.1) is 0 Å². The Morgan fingerprint density at radius 1 is 1.22 bits per heavy atom. The molecule has 0 aliphatic heterocycles. The molecule has 0 aromatic carbocycles. The molecule has 3 atom stereocenters. The summed E-state index contributed by atoms with van der Waals surface area (Å²) in [5.41, 5.74) is 0. The van der Waals surface area contributed by atoms with Crippen molar-refractivity contribution in [2.24, 2.45) is 11.8 Å². The third-order valence-electron chi connectivity index (χ3n) is 4.48. The largest absolute Gasteiger partial charge is 0.425 e. The van der Waals surface area contributed by atoms with Gasteiger partial charge in [0.25, 0.3) is 0 Å². The zero-order valence-corrected chi connectivity index (χ0v) is 11.2. The second kappa shape index (κ2) is 5.39. The summed E-state index contributed by atoms with van der Waals surface area (Å²) >= 11 is 0. The number of hydrogen-bond acceptors (Lipinski definition) is 4. The molecule has 1 aromatic heterocycles. The van der Waals surface area contributed by atoms with E-state index in [1.807, 2.05) is 0 Å². The van der Waals surface area contributed by atoms with Crippen LogP contribution in [-0.4, -0.2) is 23.3 Å². The minimum absolute atomic E-state index is 0.564. The lowest BCUT2D eigenvalue weighted by molar-refractivity contribution is 0.335. The van der Waals surface area contributed by atoms with Crippen LogP contribution in [0.25, 0.3) is 0 Å². The molecule has 2 aliphatic rings. The van der Waals surface area contributed by atoms with Crippen LogP contribution in [0.3, 0.4) is 0 Å². The van der Waals surface area contributed by atoms with E-state index in [2.05, 4.69) is 22.4 Å². The van der Waals surface area contributed by atoms with Crippen molar-refractivity contribution >= 4 is 0 Å². The standard InChI is InChI=1S/C14H23N3O/c1-2-6-15-7-5-13-16-17-14(18-13)12-9-10-3-4-11(12)8-10/h10-12,15H,2-9H2,1H3. The monoisotopic (exact) mass is 249 g/mol. The van der Waals surface area contributed by atoms with Gasteiger partial charge >= 0.3 is 0 Å². The van der Waals surface area contributed by atoms with Crippen molar-refractivity contribution in [3.63, 3.8) is 0 Å². The molecule has 4 nitrogen and oxygen atoms in total. The van der Waals surface area contributed by atoms with Crippen molar-refractivity contribution in [2.75, 3.05) is 13.1 Å². The quantitative estimate of drug-likeness (QED) is 0.787. The lowest BCUT2D eigenvalue weighted by Gasteiger charge is -2.17. The van der Waals surface area contributed by atoms with Gasteiger partial charge in [0.15, 0.2) is 0 Å². The summed E-state index contributed by atoms with van der Waals surface area (Å²) in [4.78, 5) is 0. The van der Waals surface area contributed by atoms with Crippen LogP contribution < -0.4 is 5.32 Å². The number of aromatic nitrogens is 2. The first kappa shape index (κ1) is 12.2. The predicted octanol–water partition coefficient (Wildman–Crippen LogP) is 2.52. The highest BCUT2D eigenvalue weighted by molar-refractivity contribution is 5.04. The number of hydrogen-bond donors (Lipinski definition) is 1. The second-order valence-electron chi connectivity index (χ2n) is 5.82. The molecule has 2 saturated carbocycles. The Balaban J connectivity index is 1.53. The summed E-state index contributed by atoms with van der Waals surface area (Å²) < 4.78 is 5.84. The lowest BCUT2D eigenvalue weighted by atomic mass is 9.89. The molecule has 3 rings (SSSR count). The molecule has 100 valence electrons. The molecule has 0 saturated heterocycles. The topological polar surface area (TPSA) is 51.0 Å². The maximum absolute atomic E-state index is 5.84. The maximum Gasteiger partial charge on any atom is 0.219 e. The molecule has 2 fully saturated rings. The molecule has 1 heterocycles. The molecule has 0 amide bonds. The summed E-state index contributed by atoms with van der Waals surface area (Å²) in [6.07, 6.45) is 7.48. The van der Waals surface area contributed by atoms with E-state index in [1.165, 1.54) is 32.1 Å². The highest BCUT2D eigenvalue weighted by atomic mass is 16.4. The highest BCUT2D eigenvalue weighted by Gasteiger charge is 2.42. The Labute approximate surface area is 109 Å². The fraction of sp³-hybridized carbons (Fsp3) is 0.857. The molecule has 2 aliphatic carbocycles. The second-order valence-corrected chi connectivity index (χ2v) is 5.82. The average Bonchev–Trinajstić information content (AvgIpc) is 3.09. The fourth-order valence-corrected chi connectivity index (χ4v) is 3.56. The van der Waals surface area contributed by atoms with Gasteiger partial charge in [-0.15, -0.1) is 10.2 Å². The number of rotatable bonds is 6. The molecular weight excluding hydrogens is 226 g/mol. The minimum atomic E-state index is 0.564. The van der Waals surface area contributed by atoms with E-state index in [4.69, 9.17) is 4.42 Å². The first-order chi connectivity index (χ1) is 8.86. The molecule has 4 heteroatoms. The van der Waals surface area contributed by atoms with Crippen molar-refractivity contribution in [3.05, 3.63) is 11.8 Å². The average molecular weight is 249 g/mol. The summed E-state index contributed by atoms with van der Waals surface area (Å²) in [6, 6.07) is 0. The summed E-state index contributed by atoms with van der Waals surface area (Å²) in [6.45, 7) is 4.17.